The molecule has 0 saturated heterocycles. The van der Waals surface area contributed by atoms with Gasteiger partial charge in [0.2, 0.25) is 5.56 Å². The normalized spacial score (nSPS) is 10.1. The Morgan fingerprint density at radius 1 is 1.40 bits per heavy atom. The molecular weight excluding hydrogens is 214 g/mol. The van der Waals surface area contributed by atoms with Crippen LogP contribution in [0.1, 0.15) is 10.4 Å². The first-order valence-corrected chi connectivity index (χ1v) is 5.06. The fraction of sp³-hybridized carbons (Fsp3) is 0. The van der Waals surface area contributed by atoms with Crippen molar-refractivity contribution in [3.63, 3.8) is 0 Å². The zero-order valence-corrected chi connectivity index (χ0v) is 8.38. The van der Waals surface area contributed by atoms with Gasteiger partial charge in [0.1, 0.15) is 0 Å². The molecule has 4 nitrogen and oxygen atoms in total. The minimum Gasteiger partial charge on any atom is -0.478 e. The first-order valence-electron chi connectivity index (χ1n) is 4.18. The number of pyridine rings is 1. The van der Waals surface area contributed by atoms with Crippen LogP contribution in [0.2, 0.25) is 0 Å². The Hall–Kier alpha value is -1.88. The summed E-state index contributed by atoms with van der Waals surface area (Å²) < 4.78 is 0. The van der Waals surface area contributed by atoms with E-state index in [-0.39, 0.29) is 5.56 Å². The van der Waals surface area contributed by atoms with Crippen LogP contribution >= 0.6 is 11.3 Å². The minimum atomic E-state index is -1.10. The smallest absolute Gasteiger partial charge is 0.335 e. The van der Waals surface area contributed by atoms with Crippen molar-refractivity contribution in [3.05, 3.63) is 45.6 Å². The molecule has 2 N–H and O–H groups in total. The van der Waals surface area contributed by atoms with Crippen molar-refractivity contribution in [1.29, 1.82) is 0 Å². The summed E-state index contributed by atoms with van der Waals surface area (Å²) in [6.07, 6.45) is 0. The van der Waals surface area contributed by atoms with E-state index < -0.39 is 11.5 Å². The van der Waals surface area contributed by atoms with Crippen LogP contribution in [0, 0.1) is 0 Å². The summed E-state index contributed by atoms with van der Waals surface area (Å²) in [4.78, 5) is 25.4. The van der Waals surface area contributed by atoms with Crippen molar-refractivity contribution < 1.29 is 9.90 Å². The van der Waals surface area contributed by atoms with Gasteiger partial charge >= 0.3 is 5.97 Å². The van der Waals surface area contributed by atoms with E-state index in [0.717, 1.165) is 10.9 Å². The number of aromatic nitrogens is 1. The van der Waals surface area contributed by atoms with Gasteiger partial charge in [0.25, 0.3) is 0 Å². The standard InChI is InChI=1S/C10H7NO3S/c12-9-5-6(10(13)14)4-7(11-9)8-2-1-3-15-8/h1-5H,(H,11,12)(H,13,14). The summed E-state index contributed by atoms with van der Waals surface area (Å²) in [6.45, 7) is 0. The van der Waals surface area contributed by atoms with E-state index in [4.69, 9.17) is 5.11 Å². The molecule has 0 radical (unpaired) electrons. The average molecular weight is 221 g/mol. The maximum Gasteiger partial charge on any atom is 0.335 e. The van der Waals surface area contributed by atoms with Crippen LogP contribution in [0.4, 0.5) is 0 Å². The van der Waals surface area contributed by atoms with Crippen LogP contribution in [-0.4, -0.2) is 16.1 Å². The lowest BCUT2D eigenvalue weighted by atomic mass is 10.2. The molecule has 0 aliphatic heterocycles. The zero-order chi connectivity index (χ0) is 10.8. The third-order valence-corrected chi connectivity index (χ3v) is 2.78. The lowest BCUT2D eigenvalue weighted by Crippen LogP contribution is -2.09. The van der Waals surface area contributed by atoms with Gasteiger partial charge in [-0.25, -0.2) is 4.79 Å². The molecular formula is C10H7NO3S. The van der Waals surface area contributed by atoms with Crippen LogP contribution in [0.3, 0.4) is 0 Å². The molecule has 2 heterocycles. The molecule has 76 valence electrons. The van der Waals surface area contributed by atoms with Gasteiger partial charge in [-0.3, -0.25) is 4.79 Å². The number of carboxylic acid groups (broad SMARTS) is 1. The predicted molar refractivity (Wildman–Crippen MR) is 57.3 cm³/mol. The van der Waals surface area contributed by atoms with Gasteiger partial charge in [-0.05, 0) is 17.5 Å². The van der Waals surface area contributed by atoms with Crippen LogP contribution in [-0.2, 0) is 0 Å². The monoisotopic (exact) mass is 221 g/mol. The molecule has 2 aromatic heterocycles. The highest BCUT2D eigenvalue weighted by molar-refractivity contribution is 7.13. The number of aromatic carboxylic acids is 1. The summed E-state index contributed by atoms with van der Waals surface area (Å²) in [5.41, 5.74) is 0.135. The summed E-state index contributed by atoms with van der Waals surface area (Å²) in [5, 5.41) is 10.6. The molecule has 0 amide bonds. The second kappa shape index (κ2) is 3.70. The number of hydrogen-bond donors (Lipinski definition) is 2. The quantitative estimate of drug-likeness (QED) is 0.812. The zero-order valence-electron chi connectivity index (χ0n) is 7.56. The molecule has 0 bridgehead atoms. The predicted octanol–water partition coefficient (Wildman–Crippen LogP) is 1.80. The number of aromatic amines is 1. The molecule has 2 aromatic rings. The Kier molecular flexibility index (Phi) is 2.39. The van der Waals surface area contributed by atoms with Gasteiger partial charge in [0.05, 0.1) is 16.1 Å². The van der Waals surface area contributed by atoms with Crippen molar-refractivity contribution in [2.45, 2.75) is 0 Å². The number of nitrogens with one attached hydrogen (secondary N) is 1. The topological polar surface area (TPSA) is 70.2 Å². The second-order valence-corrected chi connectivity index (χ2v) is 3.88. The van der Waals surface area contributed by atoms with E-state index in [1.165, 1.54) is 17.4 Å². The first-order chi connectivity index (χ1) is 7.16. The summed E-state index contributed by atoms with van der Waals surface area (Å²) in [6, 6.07) is 6.18. The Balaban J connectivity index is 2.59. The van der Waals surface area contributed by atoms with Gasteiger partial charge < -0.3 is 10.1 Å². The van der Waals surface area contributed by atoms with E-state index in [1.54, 1.807) is 0 Å². The Labute approximate surface area is 88.8 Å². The number of rotatable bonds is 2. The van der Waals surface area contributed by atoms with Crippen molar-refractivity contribution in [3.8, 4) is 10.6 Å². The van der Waals surface area contributed by atoms with E-state index in [9.17, 15) is 9.59 Å². The maximum atomic E-state index is 11.2. The van der Waals surface area contributed by atoms with Crippen LogP contribution in [0.5, 0.6) is 0 Å². The SMILES string of the molecule is O=C(O)c1cc(-c2cccs2)[nH]c(=O)c1. The number of carbonyl (C=O) groups is 1. The highest BCUT2D eigenvalue weighted by atomic mass is 32.1. The summed E-state index contributed by atoms with van der Waals surface area (Å²) in [5.74, 6) is -1.10. The molecule has 0 fully saturated rings. The third-order valence-electron chi connectivity index (χ3n) is 1.88. The van der Waals surface area contributed by atoms with Gasteiger partial charge in [-0.15, -0.1) is 11.3 Å². The average Bonchev–Trinajstić information content (AvgIpc) is 2.69. The number of thiophene rings is 1. The molecule has 0 saturated carbocycles. The maximum absolute atomic E-state index is 11.2. The molecule has 0 spiro atoms. The van der Waals surface area contributed by atoms with Crippen molar-refractivity contribution in [2.24, 2.45) is 0 Å². The molecule has 5 heteroatoms. The molecule has 0 unspecified atom stereocenters. The molecule has 15 heavy (non-hydrogen) atoms. The lowest BCUT2D eigenvalue weighted by Gasteiger charge is -1.98. The van der Waals surface area contributed by atoms with Crippen molar-refractivity contribution in [2.75, 3.05) is 0 Å². The first kappa shape index (κ1) is 9.67. The molecule has 0 aliphatic carbocycles. The van der Waals surface area contributed by atoms with Crippen molar-refractivity contribution >= 4 is 17.3 Å². The van der Waals surface area contributed by atoms with Gasteiger partial charge in [-0.1, -0.05) is 6.07 Å². The largest absolute Gasteiger partial charge is 0.478 e. The lowest BCUT2D eigenvalue weighted by molar-refractivity contribution is 0.0696. The Morgan fingerprint density at radius 3 is 2.80 bits per heavy atom. The van der Waals surface area contributed by atoms with Gasteiger partial charge in [0.15, 0.2) is 0 Å². The highest BCUT2D eigenvalue weighted by Gasteiger charge is 2.07. The van der Waals surface area contributed by atoms with Crippen LogP contribution < -0.4 is 5.56 Å². The van der Waals surface area contributed by atoms with Gasteiger partial charge in [-0.2, -0.15) is 0 Å². The van der Waals surface area contributed by atoms with E-state index in [0.29, 0.717) is 5.69 Å². The van der Waals surface area contributed by atoms with E-state index in [1.807, 2.05) is 17.5 Å². The van der Waals surface area contributed by atoms with Crippen molar-refractivity contribution in [1.82, 2.24) is 4.98 Å². The summed E-state index contributed by atoms with van der Waals surface area (Å²) >= 11 is 1.44. The third kappa shape index (κ3) is 1.97. The number of H-pyrrole nitrogens is 1. The number of carboxylic acids is 1. The molecule has 2 rings (SSSR count). The number of hydrogen-bond acceptors (Lipinski definition) is 3. The van der Waals surface area contributed by atoms with Crippen LogP contribution in [0.25, 0.3) is 10.6 Å². The highest BCUT2D eigenvalue weighted by Crippen LogP contribution is 2.22. The Bertz CT molecular complexity index is 542. The Morgan fingerprint density at radius 2 is 2.20 bits per heavy atom. The molecule has 0 atom stereocenters. The second-order valence-electron chi connectivity index (χ2n) is 2.93. The minimum absolute atomic E-state index is 0.00199. The van der Waals surface area contributed by atoms with E-state index in [2.05, 4.69) is 4.98 Å². The fourth-order valence-electron chi connectivity index (χ4n) is 1.23. The van der Waals surface area contributed by atoms with E-state index >= 15 is 0 Å². The van der Waals surface area contributed by atoms with Crippen LogP contribution in [0.15, 0.2) is 34.4 Å². The van der Waals surface area contributed by atoms with Gasteiger partial charge in [0, 0.05) is 6.07 Å². The fourth-order valence-corrected chi connectivity index (χ4v) is 1.93. The molecule has 0 aliphatic rings. The summed E-state index contributed by atoms with van der Waals surface area (Å²) in [7, 11) is 0. The molecule has 0 aromatic carbocycles.